The monoisotopic (exact) mass is 224 g/mol. The average molecular weight is 224 g/mol. The van der Waals surface area contributed by atoms with Crippen molar-refractivity contribution in [2.45, 2.75) is 46.1 Å². The Labute approximate surface area is 102 Å². The van der Waals surface area contributed by atoms with Crippen LogP contribution in [-0.2, 0) is 0 Å². The summed E-state index contributed by atoms with van der Waals surface area (Å²) in [5.74, 6) is 6.07. The fourth-order valence-electron chi connectivity index (χ4n) is 1.78. The lowest BCUT2D eigenvalue weighted by Crippen LogP contribution is -2.41. The minimum atomic E-state index is 0.783. The normalized spacial score (nSPS) is 17.4. The van der Waals surface area contributed by atoms with Crippen molar-refractivity contribution in [3.8, 4) is 11.8 Å². The molecule has 0 spiro atoms. The van der Waals surface area contributed by atoms with E-state index >= 15 is 0 Å². The molecule has 1 aliphatic heterocycles. The Morgan fingerprint density at radius 1 is 1.19 bits per heavy atom. The molecular weight excluding hydrogens is 196 g/mol. The lowest BCUT2D eigenvalue weighted by molar-refractivity contribution is 0.156. The lowest BCUT2D eigenvalue weighted by Gasteiger charge is -2.34. The molecule has 0 aromatic rings. The Morgan fingerprint density at radius 2 is 1.69 bits per heavy atom. The van der Waals surface area contributed by atoms with Gasteiger partial charge >= 0.3 is 0 Å². The van der Waals surface area contributed by atoms with Gasteiger partial charge in [0.05, 0.1) is 6.54 Å². The summed E-state index contributed by atoms with van der Waals surface area (Å²) in [7, 11) is 4.35. The van der Waals surface area contributed by atoms with Gasteiger partial charge < -0.3 is 4.90 Å². The summed E-state index contributed by atoms with van der Waals surface area (Å²) in [5, 5.41) is 0. The molecule has 2 heteroatoms. The van der Waals surface area contributed by atoms with Crippen LogP contribution in [-0.4, -0.2) is 49.6 Å². The van der Waals surface area contributed by atoms with Crippen LogP contribution in [0.4, 0.5) is 0 Å². The lowest BCUT2D eigenvalue weighted by atomic mass is 10.0. The zero-order chi connectivity index (χ0) is 12.4. The van der Waals surface area contributed by atoms with E-state index in [2.05, 4.69) is 49.6 Å². The molecular formula is C14H28N2. The fourth-order valence-corrected chi connectivity index (χ4v) is 1.78. The number of piperidine rings is 1. The number of hydrogen-bond donors (Lipinski definition) is 0. The molecule has 16 heavy (non-hydrogen) atoms. The van der Waals surface area contributed by atoms with Gasteiger partial charge in [-0.15, -0.1) is 5.92 Å². The molecule has 0 radical (unpaired) electrons. The first-order valence-corrected chi connectivity index (χ1v) is 6.44. The number of hydrogen-bond acceptors (Lipinski definition) is 2. The molecule has 1 saturated heterocycles. The molecule has 0 amide bonds. The van der Waals surface area contributed by atoms with Crippen molar-refractivity contribution in [2.75, 3.05) is 33.7 Å². The molecule has 0 saturated carbocycles. The SMILES string of the molecule is CC#CCN1CCC(N(C)C)CC1.CCC. The van der Waals surface area contributed by atoms with E-state index in [4.69, 9.17) is 0 Å². The van der Waals surface area contributed by atoms with Gasteiger partial charge in [0.15, 0.2) is 0 Å². The summed E-state index contributed by atoms with van der Waals surface area (Å²) in [6.45, 7) is 9.53. The summed E-state index contributed by atoms with van der Waals surface area (Å²) in [4.78, 5) is 4.78. The topological polar surface area (TPSA) is 6.48 Å². The molecule has 1 rings (SSSR count). The Balaban J connectivity index is 0.000000673. The van der Waals surface area contributed by atoms with E-state index in [-0.39, 0.29) is 0 Å². The largest absolute Gasteiger partial charge is 0.306 e. The van der Waals surface area contributed by atoms with Gasteiger partial charge in [-0.3, -0.25) is 4.90 Å². The smallest absolute Gasteiger partial charge is 0.0601 e. The van der Waals surface area contributed by atoms with E-state index in [1.807, 2.05) is 6.92 Å². The summed E-state index contributed by atoms with van der Waals surface area (Å²) >= 11 is 0. The third-order valence-electron chi connectivity index (χ3n) is 2.77. The first-order chi connectivity index (χ1) is 7.65. The summed E-state index contributed by atoms with van der Waals surface area (Å²) in [6.07, 6.45) is 3.83. The van der Waals surface area contributed by atoms with Crippen LogP contribution in [0.5, 0.6) is 0 Å². The zero-order valence-corrected chi connectivity index (χ0v) is 11.7. The summed E-state index contributed by atoms with van der Waals surface area (Å²) < 4.78 is 0. The van der Waals surface area contributed by atoms with Gasteiger partial charge in [-0.2, -0.15) is 0 Å². The van der Waals surface area contributed by atoms with Crippen LogP contribution >= 0.6 is 0 Å². The quantitative estimate of drug-likeness (QED) is 0.665. The van der Waals surface area contributed by atoms with Crippen LogP contribution in [0.2, 0.25) is 0 Å². The second-order valence-electron chi connectivity index (χ2n) is 4.60. The van der Waals surface area contributed by atoms with E-state index in [0.717, 1.165) is 12.6 Å². The molecule has 0 aliphatic carbocycles. The molecule has 0 aromatic heterocycles. The highest BCUT2D eigenvalue weighted by molar-refractivity contribution is 4.98. The average Bonchev–Trinajstić information content (AvgIpc) is 2.28. The second-order valence-corrected chi connectivity index (χ2v) is 4.60. The molecule has 0 aromatic carbocycles. The Kier molecular flexibility index (Phi) is 9.37. The predicted molar refractivity (Wildman–Crippen MR) is 72.6 cm³/mol. The maximum atomic E-state index is 3.12. The van der Waals surface area contributed by atoms with Crippen molar-refractivity contribution < 1.29 is 0 Å². The van der Waals surface area contributed by atoms with Crippen molar-refractivity contribution in [1.82, 2.24) is 9.80 Å². The van der Waals surface area contributed by atoms with Crippen LogP contribution in [0.3, 0.4) is 0 Å². The number of nitrogens with zero attached hydrogens (tertiary/aromatic N) is 2. The van der Waals surface area contributed by atoms with Crippen molar-refractivity contribution in [2.24, 2.45) is 0 Å². The van der Waals surface area contributed by atoms with E-state index < -0.39 is 0 Å². The van der Waals surface area contributed by atoms with Crippen LogP contribution in [0, 0.1) is 11.8 Å². The minimum absolute atomic E-state index is 0.783. The Morgan fingerprint density at radius 3 is 2.06 bits per heavy atom. The molecule has 0 atom stereocenters. The molecule has 1 heterocycles. The second kappa shape index (κ2) is 9.69. The van der Waals surface area contributed by atoms with E-state index in [1.54, 1.807) is 0 Å². The van der Waals surface area contributed by atoms with Gasteiger partial charge in [-0.1, -0.05) is 26.2 Å². The van der Waals surface area contributed by atoms with Gasteiger partial charge in [0.1, 0.15) is 0 Å². The predicted octanol–water partition coefficient (Wildman–Crippen LogP) is 2.45. The fraction of sp³-hybridized carbons (Fsp3) is 0.857. The van der Waals surface area contributed by atoms with Crippen LogP contribution in [0.25, 0.3) is 0 Å². The van der Waals surface area contributed by atoms with Crippen LogP contribution in [0.15, 0.2) is 0 Å². The number of likely N-dealkylation sites (tertiary alicyclic amines) is 1. The van der Waals surface area contributed by atoms with Gasteiger partial charge in [0.2, 0.25) is 0 Å². The zero-order valence-electron chi connectivity index (χ0n) is 11.7. The van der Waals surface area contributed by atoms with Crippen molar-refractivity contribution in [3.05, 3.63) is 0 Å². The summed E-state index contributed by atoms with van der Waals surface area (Å²) in [5.41, 5.74) is 0. The van der Waals surface area contributed by atoms with Crippen molar-refractivity contribution in [1.29, 1.82) is 0 Å². The molecule has 94 valence electrons. The van der Waals surface area contributed by atoms with Gasteiger partial charge in [0.25, 0.3) is 0 Å². The maximum absolute atomic E-state index is 3.12. The van der Waals surface area contributed by atoms with E-state index in [1.165, 1.54) is 32.4 Å². The molecule has 0 bridgehead atoms. The third-order valence-corrected chi connectivity index (χ3v) is 2.77. The molecule has 2 nitrogen and oxygen atoms in total. The van der Waals surface area contributed by atoms with E-state index in [0.29, 0.717) is 0 Å². The van der Waals surface area contributed by atoms with Gasteiger partial charge in [-0.05, 0) is 33.9 Å². The van der Waals surface area contributed by atoms with Gasteiger partial charge in [-0.25, -0.2) is 0 Å². The van der Waals surface area contributed by atoms with E-state index in [9.17, 15) is 0 Å². The van der Waals surface area contributed by atoms with Gasteiger partial charge in [0, 0.05) is 19.1 Å². The standard InChI is InChI=1S/C11H20N2.C3H8/c1-4-5-8-13-9-6-11(7-10-13)12(2)3;1-3-2/h11H,6-10H2,1-3H3;3H2,1-2H3. The maximum Gasteiger partial charge on any atom is 0.0601 e. The molecule has 0 N–H and O–H groups in total. The molecule has 0 unspecified atom stereocenters. The van der Waals surface area contributed by atoms with Crippen LogP contribution < -0.4 is 0 Å². The van der Waals surface area contributed by atoms with Crippen LogP contribution in [0.1, 0.15) is 40.0 Å². The first kappa shape index (κ1) is 15.5. The Hall–Kier alpha value is -0.520. The highest BCUT2D eigenvalue weighted by Crippen LogP contribution is 2.13. The summed E-state index contributed by atoms with van der Waals surface area (Å²) in [6, 6.07) is 0.783. The molecule has 1 aliphatic rings. The molecule has 1 fully saturated rings. The highest BCUT2D eigenvalue weighted by Gasteiger charge is 2.19. The van der Waals surface area contributed by atoms with Crippen molar-refractivity contribution >= 4 is 0 Å². The third kappa shape index (κ3) is 6.87. The number of rotatable bonds is 2. The highest BCUT2D eigenvalue weighted by atomic mass is 15.2. The first-order valence-electron chi connectivity index (χ1n) is 6.44. The minimum Gasteiger partial charge on any atom is -0.306 e. The van der Waals surface area contributed by atoms with Crippen molar-refractivity contribution in [3.63, 3.8) is 0 Å². The Bertz CT molecular complexity index is 205.